The van der Waals surface area contributed by atoms with Crippen LogP contribution in [0.2, 0.25) is 0 Å². The second kappa shape index (κ2) is 10.7. The molecule has 0 bridgehead atoms. The highest BCUT2D eigenvalue weighted by molar-refractivity contribution is 6.01. The van der Waals surface area contributed by atoms with Crippen LogP contribution in [0.5, 0.6) is 0 Å². The molecule has 172 valence electrons. The molecule has 7 nitrogen and oxygen atoms in total. The summed E-state index contributed by atoms with van der Waals surface area (Å²) in [7, 11) is 0. The van der Waals surface area contributed by atoms with Crippen LogP contribution in [0.15, 0.2) is 91.0 Å². The van der Waals surface area contributed by atoms with E-state index < -0.39 is 24.3 Å². The molecule has 2 amide bonds. The summed E-state index contributed by atoms with van der Waals surface area (Å²) in [5.41, 5.74) is 2.03. The van der Waals surface area contributed by atoms with Gasteiger partial charge in [0.15, 0.2) is 6.23 Å². The molecule has 0 saturated carbocycles. The molecule has 3 aromatic rings. The van der Waals surface area contributed by atoms with E-state index in [1.165, 1.54) is 9.80 Å². The van der Waals surface area contributed by atoms with Crippen LogP contribution < -0.4 is 4.90 Å². The van der Waals surface area contributed by atoms with Crippen LogP contribution in [0, 0.1) is 11.8 Å². The minimum absolute atomic E-state index is 0.0386. The van der Waals surface area contributed by atoms with Gasteiger partial charge in [-0.3, -0.25) is 9.80 Å². The number of rotatable bonds is 4. The molecule has 0 aliphatic carbocycles. The van der Waals surface area contributed by atoms with Crippen LogP contribution in [-0.4, -0.2) is 63.9 Å². The van der Waals surface area contributed by atoms with Crippen molar-refractivity contribution >= 4 is 23.4 Å². The first kappa shape index (κ1) is 23.1. The first-order valence-electron chi connectivity index (χ1n) is 11.0. The lowest BCUT2D eigenvalue weighted by molar-refractivity contribution is -0.145. The maximum Gasteiger partial charge on any atom is 0.329 e. The summed E-state index contributed by atoms with van der Waals surface area (Å²) in [5.74, 6) is 4.54. The lowest BCUT2D eigenvalue weighted by atomic mass is 10.1. The van der Waals surface area contributed by atoms with Crippen molar-refractivity contribution in [3.8, 4) is 11.8 Å². The number of hydrogen-bond acceptors (Lipinski definition) is 4. The molecule has 4 rings (SSSR count). The molecule has 0 radical (unpaired) electrons. The summed E-state index contributed by atoms with van der Waals surface area (Å²) < 4.78 is 0. The minimum atomic E-state index is -1.14. The number of urea groups is 1. The largest absolute Gasteiger partial charge is 0.480 e. The number of nitrogens with zero attached hydrogens (tertiary/aromatic N) is 3. The van der Waals surface area contributed by atoms with Crippen molar-refractivity contribution in [3.63, 3.8) is 0 Å². The number of benzene rings is 3. The molecular weight excluding hydrogens is 430 g/mol. The Morgan fingerprint density at radius 3 is 1.91 bits per heavy atom. The van der Waals surface area contributed by atoms with Gasteiger partial charge in [0.25, 0.3) is 0 Å². The number of para-hydroxylation sites is 2. The summed E-state index contributed by atoms with van der Waals surface area (Å²) in [6, 6.07) is 25.9. The second-order valence-corrected chi connectivity index (χ2v) is 7.84. The highest BCUT2D eigenvalue weighted by Crippen LogP contribution is 2.28. The number of hydrogen-bond donors (Lipinski definition) is 2. The van der Waals surface area contributed by atoms with E-state index in [4.69, 9.17) is 0 Å². The molecule has 34 heavy (non-hydrogen) atoms. The zero-order valence-electron chi connectivity index (χ0n) is 18.5. The lowest BCUT2D eigenvalue weighted by Crippen LogP contribution is -2.62. The Morgan fingerprint density at radius 1 is 0.853 bits per heavy atom. The first-order chi connectivity index (χ1) is 16.5. The molecule has 1 heterocycles. The number of carboxylic acids is 1. The van der Waals surface area contributed by atoms with Crippen LogP contribution in [0.1, 0.15) is 5.56 Å². The van der Waals surface area contributed by atoms with Gasteiger partial charge in [-0.05, 0) is 42.3 Å². The molecule has 3 aromatic carbocycles. The third kappa shape index (κ3) is 5.26. The summed E-state index contributed by atoms with van der Waals surface area (Å²) in [6.07, 6.45) is -1.14. The van der Waals surface area contributed by atoms with E-state index in [-0.39, 0.29) is 19.6 Å². The standard InChI is InChI=1S/C27H25N3O4/c31-25(17-16-21-10-4-1-5-11-21)28-18-19-29(24(20-28)26(32)33)27(34)30(22-12-6-2-7-13-22)23-14-8-3-9-15-23/h1-15,24-25,31H,18-20H2,(H,32,33)/t24-,25?/m0/s1. The van der Waals surface area contributed by atoms with Crippen molar-refractivity contribution in [1.82, 2.24) is 9.80 Å². The maximum atomic E-state index is 13.7. The van der Waals surface area contributed by atoms with Crippen molar-refractivity contribution in [3.05, 3.63) is 96.6 Å². The Morgan fingerprint density at radius 2 is 1.38 bits per heavy atom. The molecule has 1 unspecified atom stereocenters. The Balaban J connectivity index is 1.56. The zero-order valence-corrected chi connectivity index (χ0v) is 18.5. The van der Waals surface area contributed by atoms with Crippen molar-refractivity contribution in [2.75, 3.05) is 24.5 Å². The monoisotopic (exact) mass is 455 g/mol. The number of aliphatic hydroxyl groups is 1. The number of carbonyl (C=O) groups excluding carboxylic acids is 1. The summed E-state index contributed by atoms with van der Waals surface area (Å²) in [5, 5.41) is 20.5. The Labute approximate surface area is 198 Å². The van der Waals surface area contributed by atoms with Gasteiger partial charge in [0, 0.05) is 25.2 Å². The van der Waals surface area contributed by atoms with Crippen LogP contribution >= 0.6 is 0 Å². The van der Waals surface area contributed by atoms with Gasteiger partial charge in [0.05, 0.1) is 11.4 Å². The maximum absolute atomic E-state index is 13.7. The van der Waals surface area contributed by atoms with E-state index >= 15 is 0 Å². The normalized spacial score (nSPS) is 16.7. The van der Waals surface area contributed by atoms with Crippen molar-refractivity contribution in [1.29, 1.82) is 0 Å². The fourth-order valence-corrected chi connectivity index (χ4v) is 3.88. The third-order valence-corrected chi connectivity index (χ3v) is 5.63. The predicted octanol–water partition coefficient (Wildman–Crippen LogP) is 3.39. The van der Waals surface area contributed by atoms with Gasteiger partial charge in [-0.2, -0.15) is 0 Å². The van der Waals surface area contributed by atoms with Crippen molar-refractivity contribution in [2.24, 2.45) is 0 Å². The second-order valence-electron chi connectivity index (χ2n) is 7.84. The minimum Gasteiger partial charge on any atom is -0.480 e. The molecule has 1 fully saturated rings. The molecule has 2 N–H and O–H groups in total. The van der Waals surface area contributed by atoms with E-state index in [9.17, 15) is 19.8 Å². The topological polar surface area (TPSA) is 84.3 Å². The number of amides is 2. The number of carbonyl (C=O) groups is 2. The van der Waals surface area contributed by atoms with Gasteiger partial charge in [0.1, 0.15) is 6.04 Å². The number of carboxylic acid groups (broad SMARTS) is 1. The SMILES string of the molecule is O=C(O)[C@@H]1CN(C(O)C#Cc2ccccc2)CCN1C(=O)N(c1ccccc1)c1ccccc1. The van der Waals surface area contributed by atoms with E-state index in [1.54, 1.807) is 29.2 Å². The molecule has 0 aromatic heterocycles. The molecule has 1 saturated heterocycles. The quantitative estimate of drug-likeness (QED) is 0.590. The van der Waals surface area contributed by atoms with Gasteiger partial charge < -0.3 is 15.1 Å². The van der Waals surface area contributed by atoms with E-state index in [1.807, 2.05) is 66.7 Å². The highest BCUT2D eigenvalue weighted by Gasteiger charge is 2.39. The number of piperazine rings is 1. The van der Waals surface area contributed by atoms with Crippen LogP contribution in [0.3, 0.4) is 0 Å². The number of anilines is 2. The third-order valence-electron chi connectivity index (χ3n) is 5.63. The average molecular weight is 456 g/mol. The van der Waals surface area contributed by atoms with E-state index in [0.717, 1.165) is 5.56 Å². The van der Waals surface area contributed by atoms with Crippen LogP contribution in [0.25, 0.3) is 0 Å². The van der Waals surface area contributed by atoms with Crippen LogP contribution in [0.4, 0.5) is 16.2 Å². The van der Waals surface area contributed by atoms with Crippen LogP contribution in [-0.2, 0) is 4.79 Å². The summed E-state index contributed by atoms with van der Waals surface area (Å²) in [4.78, 5) is 30.3. The van der Waals surface area contributed by atoms with Gasteiger partial charge >= 0.3 is 12.0 Å². The molecule has 1 aliphatic rings. The number of aliphatic carboxylic acids is 1. The molecule has 0 spiro atoms. The number of aliphatic hydroxyl groups excluding tert-OH is 1. The van der Waals surface area contributed by atoms with Gasteiger partial charge in [0.2, 0.25) is 0 Å². The lowest BCUT2D eigenvalue weighted by Gasteiger charge is -2.42. The van der Waals surface area contributed by atoms with E-state index in [2.05, 4.69) is 11.8 Å². The Hall–Kier alpha value is -4.12. The molecule has 2 atom stereocenters. The Bertz CT molecular complexity index is 1140. The van der Waals surface area contributed by atoms with Gasteiger partial charge in [-0.15, -0.1) is 0 Å². The summed E-state index contributed by atoms with van der Waals surface area (Å²) in [6.45, 7) is 0.386. The molecule has 7 heteroatoms. The summed E-state index contributed by atoms with van der Waals surface area (Å²) >= 11 is 0. The van der Waals surface area contributed by atoms with Crippen molar-refractivity contribution < 1.29 is 19.8 Å². The predicted molar refractivity (Wildman–Crippen MR) is 129 cm³/mol. The van der Waals surface area contributed by atoms with E-state index in [0.29, 0.717) is 11.4 Å². The van der Waals surface area contributed by atoms with Crippen molar-refractivity contribution in [2.45, 2.75) is 12.3 Å². The fourth-order valence-electron chi connectivity index (χ4n) is 3.88. The fraction of sp³-hybridized carbons (Fsp3) is 0.185. The van der Waals surface area contributed by atoms with Gasteiger partial charge in [-0.1, -0.05) is 60.5 Å². The van der Waals surface area contributed by atoms with Gasteiger partial charge in [-0.25, -0.2) is 9.59 Å². The first-order valence-corrected chi connectivity index (χ1v) is 11.0. The Kier molecular flexibility index (Phi) is 7.23. The molecular formula is C27H25N3O4. The smallest absolute Gasteiger partial charge is 0.329 e. The molecule has 1 aliphatic heterocycles. The zero-order chi connectivity index (χ0) is 23.9. The highest BCUT2D eigenvalue weighted by atomic mass is 16.4. The average Bonchev–Trinajstić information content (AvgIpc) is 2.89.